The van der Waals surface area contributed by atoms with Crippen LogP contribution in [0.3, 0.4) is 0 Å². The van der Waals surface area contributed by atoms with Crippen molar-refractivity contribution in [2.45, 2.75) is 31.5 Å². The first-order valence-corrected chi connectivity index (χ1v) is 7.68. The van der Waals surface area contributed by atoms with E-state index in [2.05, 4.69) is 10.2 Å². The number of morpholine rings is 1. The molecule has 0 saturated carbocycles. The van der Waals surface area contributed by atoms with Crippen molar-refractivity contribution in [3.05, 3.63) is 35.4 Å². The smallest absolute Gasteiger partial charge is 0.249 e. The highest BCUT2D eigenvalue weighted by Crippen LogP contribution is 2.22. The number of nitrogens with one attached hydrogen (secondary N) is 1. The molecule has 2 aliphatic rings. The predicted molar refractivity (Wildman–Crippen MR) is 81.0 cm³/mol. The highest BCUT2D eigenvalue weighted by atomic mass is 16.5. The quantitative estimate of drug-likeness (QED) is 0.839. The van der Waals surface area contributed by atoms with Gasteiger partial charge in [0.05, 0.1) is 12.7 Å². The Bertz CT molecular complexity index is 506. The Labute approximate surface area is 125 Å². The average Bonchev–Trinajstić information content (AvgIpc) is 2.95. The van der Waals surface area contributed by atoms with Gasteiger partial charge in [0.15, 0.2) is 0 Å². The van der Waals surface area contributed by atoms with Gasteiger partial charge in [0.1, 0.15) is 0 Å². The van der Waals surface area contributed by atoms with Crippen molar-refractivity contribution in [3.8, 4) is 0 Å². The minimum Gasteiger partial charge on any atom is -0.374 e. The van der Waals surface area contributed by atoms with Gasteiger partial charge in [-0.1, -0.05) is 18.2 Å². The Hall–Kier alpha value is -1.43. The Morgan fingerprint density at radius 2 is 2.29 bits per heavy atom. The Morgan fingerprint density at radius 1 is 1.43 bits per heavy atom. The lowest BCUT2D eigenvalue weighted by molar-refractivity contribution is -0.0470. The zero-order valence-electron chi connectivity index (χ0n) is 12.3. The van der Waals surface area contributed by atoms with Crippen molar-refractivity contribution in [2.24, 2.45) is 5.73 Å². The molecule has 0 spiro atoms. The molecule has 2 unspecified atom stereocenters. The summed E-state index contributed by atoms with van der Waals surface area (Å²) in [6, 6.07) is 8.10. The molecule has 2 atom stereocenters. The van der Waals surface area contributed by atoms with Crippen molar-refractivity contribution >= 4 is 5.91 Å². The molecule has 3 N–H and O–H groups in total. The second-order valence-corrected chi connectivity index (χ2v) is 5.90. The summed E-state index contributed by atoms with van der Waals surface area (Å²) in [5.41, 5.74) is 6.93. The highest BCUT2D eigenvalue weighted by molar-refractivity contribution is 5.94. The summed E-state index contributed by atoms with van der Waals surface area (Å²) < 4.78 is 5.91. The van der Waals surface area contributed by atoms with Crippen molar-refractivity contribution in [1.82, 2.24) is 10.2 Å². The number of ether oxygens (including phenoxy) is 1. The first-order chi connectivity index (χ1) is 10.2. The van der Waals surface area contributed by atoms with Gasteiger partial charge in [-0.3, -0.25) is 9.69 Å². The van der Waals surface area contributed by atoms with E-state index in [1.807, 2.05) is 18.2 Å². The number of hydrogen-bond donors (Lipinski definition) is 2. The molecule has 5 nitrogen and oxygen atoms in total. The van der Waals surface area contributed by atoms with Crippen LogP contribution in [0.15, 0.2) is 24.3 Å². The van der Waals surface area contributed by atoms with E-state index in [-0.39, 0.29) is 12.0 Å². The summed E-state index contributed by atoms with van der Waals surface area (Å²) in [5.74, 6) is -0.374. The maximum atomic E-state index is 11.4. The fourth-order valence-electron chi connectivity index (χ4n) is 3.29. The second-order valence-electron chi connectivity index (χ2n) is 5.90. The lowest BCUT2D eigenvalue weighted by atomic mass is 10.1. The number of carbonyl (C=O) groups is 1. The minimum absolute atomic E-state index is 0.236. The van der Waals surface area contributed by atoms with Crippen molar-refractivity contribution in [1.29, 1.82) is 0 Å². The summed E-state index contributed by atoms with van der Waals surface area (Å²) in [6.45, 7) is 4.51. The van der Waals surface area contributed by atoms with Crippen molar-refractivity contribution < 1.29 is 9.53 Å². The molecule has 0 bridgehead atoms. The number of hydrogen-bond acceptors (Lipinski definition) is 4. The third kappa shape index (κ3) is 3.43. The highest BCUT2D eigenvalue weighted by Gasteiger charge is 2.31. The summed E-state index contributed by atoms with van der Waals surface area (Å²) in [7, 11) is 0. The molecule has 21 heavy (non-hydrogen) atoms. The average molecular weight is 289 g/mol. The third-order valence-corrected chi connectivity index (χ3v) is 4.43. The number of amides is 1. The number of rotatable bonds is 5. The molecule has 114 valence electrons. The van der Waals surface area contributed by atoms with Gasteiger partial charge in [-0.05, 0) is 31.0 Å². The van der Waals surface area contributed by atoms with Gasteiger partial charge in [0, 0.05) is 31.2 Å². The van der Waals surface area contributed by atoms with Gasteiger partial charge >= 0.3 is 0 Å². The van der Waals surface area contributed by atoms with Crippen LogP contribution in [0.5, 0.6) is 0 Å². The Morgan fingerprint density at radius 3 is 3.14 bits per heavy atom. The molecular weight excluding hydrogens is 266 g/mol. The van der Waals surface area contributed by atoms with Crippen LogP contribution >= 0.6 is 0 Å². The molecule has 0 aliphatic carbocycles. The largest absolute Gasteiger partial charge is 0.374 e. The first-order valence-electron chi connectivity index (χ1n) is 7.68. The standard InChI is InChI=1S/C16H23N3O2/c17-16(20)15-6-2-1-4-12(15)8-18-9-14-10-19-7-3-5-13(19)11-21-14/h1-2,4,6,13-14,18H,3,5,7-11H2,(H2,17,20). The van der Waals surface area contributed by atoms with E-state index in [1.165, 1.54) is 19.4 Å². The summed E-state index contributed by atoms with van der Waals surface area (Å²) in [5, 5.41) is 3.39. The predicted octanol–water partition coefficient (Wildman–Crippen LogP) is 0.738. The van der Waals surface area contributed by atoms with Crippen molar-refractivity contribution in [2.75, 3.05) is 26.2 Å². The second kappa shape index (κ2) is 6.56. The SMILES string of the molecule is NC(=O)c1ccccc1CNCC1CN2CCCC2CO1. The summed E-state index contributed by atoms with van der Waals surface area (Å²) >= 11 is 0. The molecule has 2 aliphatic heterocycles. The van der Waals surface area contributed by atoms with E-state index in [4.69, 9.17) is 10.5 Å². The third-order valence-electron chi connectivity index (χ3n) is 4.43. The van der Waals surface area contributed by atoms with Crippen LogP contribution in [-0.4, -0.2) is 49.2 Å². The van der Waals surface area contributed by atoms with Crippen LogP contribution in [0.4, 0.5) is 0 Å². The minimum atomic E-state index is -0.374. The van der Waals surface area contributed by atoms with Crippen LogP contribution in [0.1, 0.15) is 28.8 Å². The van der Waals surface area contributed by atoms with E-state index in [0.717, 1.165) is 25.3 Å². The molecule has 0 aromatic heterocycles. The van der Waals surface area contributed by atoms with Crippen LogP contribution in [0.2, 0.25) is 0 Å². The lowest BCUT2D eigenvalue weighted by Crippen LogP contribution is -2.49. The van der Waals surface area contributed by atoms with Gasteiger partial charge in [0.25, 0.3) is 0 Å². The number of nitrogens with zero attached hydrogens (tertiary/aromatic N) is 1. The molecule has 2 fully saturated rings. The van der Waals surface area contributed by atoms with Gasteiger partial charge in [-0.15, -0.1) is 0 Å². The molecule has 3 rings (SSSR count). The Balaban J connectivity index is 1.49. The number of primary amides is 1. The van der Waals surface area contributed by atoms with E-state index >= 15 is 0 Å². The zero-order valence-corrected chi connectivity index (χ0v) is 12.3. The molecule has 0 radical (unpaired) electrons. The molecule has 1 aromatic carbocycles. The van der Waals surface area contributed by atoms with E-state index < -0.39 is 0 Å². The first kappa shape index (κ1) is 14.5. The Kier molecular flexibility index (Phi) is 4.53. The lowest BCUT2D eigenvalue weighted by Gasteiger charge is -2.35. The van der Waals surface area contributed by atoms with Crippen LogP contribution in [-0.2, 0) is 11.3 Å². The normalized spacial score (nSPS) is 25.7. The topological polar surface area (TPSA) is 67.6 Å². The number of carbonyl (C=O) groups excluding carboxylic acids is 1. The summed E-state index contributed by atoms with van der Waals surface area (Å²) in [6.07, 6.45) is 2.80. The van der Waals surface area contributed by atoms with Gasteiger partial charge in [-0.25, -0.2) is 0 Å². The maximum Gasteiger partial charge on any atom is 0.249 e. The molecule has 2 saturated heterocycles. The van der Waals surface area contributed by atoms with Crippen molar-refractivity contribution in [3.63, 3.8) is 0 Å². The van der Waals surface area contributed by atoms with Crippen LogP contribution < -0.4 is 11.1 Å². The van der Waals surface area contributed by atoms with Gasteiger partial charge in [-0.2, -0.15) is 0 Å². The fraction of sp³-hybridized carbons (Fsp3) is 0.562. The van der Waals surface area contributed by atoms with Crippen LogP contribution in [0.25, 0.3) is 0 Å². The molecule has 2 heterocycles. The van der Waals surface area contributed by atoms with Gasteiger partial charge < -0.3 is 15.8 Å². The van der Waals surface area contributed by atoms with E-state index in [1.54, 1.807) is 6.07 Å². The molecular formula is C16H23N3O2. The summed E-state index contributed by atoms with van der Waals surface area (Å²) in [4.78, 5) is 13.9. The molecule has 5 heteroatoms. The number of benzene rings is 1. The number of nitrogens with two attached hydrogens (primary N) is 1. The zero-order chi connectivity index (χ0) is 14.7. The molecule has 1 aromatic rings. The fourth-order valence-corrected chi connectivity index (χ4v) is 3.29. The number of fused-ring (bicyclic) bond motifs is 1. The molecule has 1 amide bonds. The van der Waals surface area contributed by atoms with E-state index in [0.29, 0.717) is 18.2 Å². The van der Waals surface area contributed by atoms with Crippen LogP contribution in [0, 0.1) is 0 Å². The van der Waals surface area contributed by atoms with Gasteiger partial charge in [0.2, 0.25) is 5.91 Å². The monoisotopic (exact) mass is 289 g/mol. The van der Waals surface area contributed by atoms with E-state index in [9.17, 15) is 4.79 Å². The maximum absolute atomic E-state index is 11.4.